The first-order valence-electron chi connectivity index (χ1n) is 18.4. The molecule has 2 aliphatic rings. The van der Waals surface area contributed by atoms with E-state index in [1.807, 2.05) is 78.9 Å². The molecule has 0 fully saturated rings. The smallest absolute Gasteiger partial charge is 0.328 e. The molecule has 2 heterocycles. The predicted molar refractivity (Wildman–Crippen MR) is 215 cm³/mol. The molecule has 5 aromatic carbocycles. The van der Waals surface area contributed by atoms with Gasteiger partial charge in [0.15, 0.2) is 17.6 Å². The Morgan fingerprint density at radius 3 is 2.21 bits per heavy atom. The summed E-state index contributed by atoms with van der Waals surface area (Å²) >= 11 is 12.2. The fraction of sp³-hybridized carbons (Fsp3) is 0.267. The van der Waals surface area contributed by atoms with Crippen LogP contribution in [0.5, 0.6) is 17.2 Å². The molecule has 3 atom stereocenters. The molecule has 5 aromatic rings. The molecule has 9 nitrogen and oxygen atoms in total. The molecule has 0 aromatic heterocycles. The summed E-state index contributed by atoms with van der Waals surface area (Å²) in [4.78, 5) is 29.2. The maximum absolute atomic E-state index is 14.0. The Kier molecular flexibility index (Phi) is 11.8. The van der Waals surface area contributed by atoms with Crippen molar-refractivity contribution in [2.45, 2.75) is 64.1 Å². The largest absolute Gasteiger partial charge is 0.489 e. The minimum Gasteiger partial charge on any atom is -0.489 e. The SMILES string of the molecule is COC(=O)[C@H](Cc1ccc(-c2ccc(C#N)cc2)cc1)NC(=O)[C@@H]1Cc2cc3c(cc2CN1C(C)C)OC(c1ccc(OCc2ccc(Cl)c(Cl)c2)cc1)CO3. The van der Waals surface area contributed by atoms with Crippen molar-refractivity contribution in [2.75, 3.05) is 13.7 Å². The van der Waals surface area contributed by atoms with Gasteiger partial charge in [0.2, 0.25) is 5.91 Å². The highest BCUT2D eigenvalue weighted by molar-refractivity contribution is 6.42. The van der Waals surface area contributed by atoms with Crippen molar-refractivity contribution in [2.24, 2.45) is 0 Å². The number of fused-ring (bicyclic) bond motifs is 2. The maximum atomic E-state index is 14.0. The number of hydrogen-bond acceptors (Lipinski definition) is 8. The lowest BCUT2D eigenvalue weighted by molar-refractivity contribution is -0.146. The van der Waals surface area contributed by atoms with Crippen LogP contribution >= 0.6 is 23.2 Å². The number of esters is 1. The molecule has 0 aliphatic carbocycles. The van der Waals surface area contributed by atoms with Crippen LogP contribution in [0.25, 0.3) is 11.1 Å². The second-order valence-electron chi connectivity index (χ2n) is 14.3. The number of hydrogen-bond donors (Lipinski definition) is 1. The first-order chi connectivity index (χ1) is 27.1. The first kappa shape index (κ1) is 38.7. The monoisotopic (exact) mass is 789 g/mol. The summed E-state index contributed by atoms with van der Waals surface area (Å²) in [5.41, 5.74) is 7.36. The van der Waals surface area contributed by atoms with Crippen LogP contribution in [0, 0.1) is 11.3 Å². The summed E-state index contributed by atoms with van der Waals surface area (Å²) in [6, 6.07) is 33.1. The molecule has 2 aliphatic heterocycles. The zero-order chi connectivity index (χ0) is 39.3. The molecule has 7 rings (SSSR count). The van der Waals surface area contributed by atoms with Gasteiger partial charge in [0.05, 0.1) is 34.8 Å². The molecule has 56 heavy (non-hydrogen) atoms. The van der Waals surface area contributed by atoms with Crippen LogP contribution in [-0.4, -0.2) is 48.6 Å². The summed E-state index contributed by atoms with van der Waals surface area (Å²) in [5, 5.41) is 13.1. The van der Waals surface area contributed by atoms with E-state index in [0.29, 0.717) is 59.0 Å². The Morgan fingerprint density at radius 2 is 1.55 bits per heavy atom. The molecule has 0 radical (unpaired) electrons. The van der Waals surface area contributed by atoms with Crippen LogP contribution in [0.1, 0.15) is 53.3 Å². The van der Waals surface area contributed by atoms with Crippen molar-refractivity contribution in [3.05, 3.63) is 147 Å². The normalized spacial score (nSPS) is 16.7. The van der Waals surface area contributed by atoms with E-state index in [1.54, 1.807) is 24.3 Å². The lowest BCUT2D eigenvalue weighted by Crippen LogP contribution is -2.56. The van der Waals surface area contributed by atoms with Gasteiger partial charge in [-0.25, -0.2) is 4.79 Å². The third kappa shape index (κ3) is 8.79. The summed E-state index contributed by atoms with van der Waals surface area (Å²) in [6.07, 6.45) is 0.400. The van der Waals surface area contributed by atoms with Crippen LogP contribution in [-0.2, 0) is 40.3 Å². The number of amides is 1. The molecule has 0 saturated heterocycles. The minimum atomic E-state index is -0.871. The van der Waals surface area contributed by atoms with Crippen molar-refractivity contribution < 1.29 is 28.5 Å². The van der Waals surface area contributed by atoms with Crippen molar-refractivity contribution in [3.63, 3.8) is 0 Å². The van der Waals surface area contributed by atoms with Crippen molar-refractivity contribution >= 4 is 35.1 Å². The third-order valence-electron chi connectivity index (χ3n) is 10.2. The number of nitriles is 1. The van der Waals surface area contributed by atoms with E-state index < -0.39 is 18.1 Å². The lowest BCUT2D eigenvalue weighted by atomic mass is 9.91. The van der Waals surface area contributed by atoms with Gasteiger partial charge in [-0.2, -0.15) is 5.26 Å². The number of methoxy groups -OCH3 is 1. The molecular weight excluding hydrogens is 749 g/mol. The quantitative estimate of drug-likeness (QED) is 0.133. The van der Waals surface area contributed by atoms with Crippen LogP contribution in [0.4, 0.5) is 0 Å². The van der Waals surface area contributed by atoms with E-state index >= 15 is 0 Å². The Bertz CT molecular complexity index is 2250. The fourth-order valence-corrected chi connectivity index (χ4v) is 7.43. The summed E-state index contributed by atoms with van der Waals surface area (Å²) in [7, 11) is 1.33. The second-order valence-corrected chi connectivity index (χ2v) is 15.1. The highest BCUT2D eigenvalue weighted by Gasteiger charge is 2.37. The zero-order valence-corrected chi connectivity index (χ0v) is 32.8. The fourth-order valence-electron chi connectivity index (χ4n) is 7.11. The molecule has 1 N–H and O–H groups in total. The maximum Gasteiger partial charge on any atom is 0.328 e. The summed E-state index contributed by atoms with van der Waals surface area (Å²) < 4.78 is 23.8. The minimum absolute atomic E-state index is 0.0450. The van der Waals surface area contributed by atoms with Crippen molar-refractivity contribution in [1.29, 1.82) is 5.26 Å². The topological polar surface area (TPSA) is 110 Å². The van der Waals surface area contributed by atoms with Gasteiger partial charge in [0, 0.05) is 19.0 Å². The Balaban J connectivity index is 1.00. The molecule has 1 unspecified atom stereocenters. The highest BCUT2D eigenvalue weighted by atomic mass is 35.5. The van der Waals surface area contributed by atoms with Crippen LogP contribution in [0.15, 0.2) is 103 Å². The molecule has 0 spiro atoms. The Morgan fingerprint density at radius 1 is 0.875 bits per heavy atom. The van der Waals surface area contributed by atoms with Gasteiger partial charge in [-0.3, -0.25) is 9.69 Å². The molecule has 11 heteroatoms. The van der Waals surface area contributed by atoms with Gasteiger partial charge in [0.1, 0.15) is 25.0 Å². The number of nitrogens with one attached hydrogen (secondary N) is 1. The number of nitrogens with zero attached hydrogens (tertiary/aromatic N) is 2. The van der Waals surface area contributed by atoms with Gasteiger partial charge >= 0.3 is 5.97 Å². The molecular formula is C45H41Cl2N3O6. The van der Waals surface area contributed by atoms with Crippen molar-refractivity contribution in [3.8, 4) is 34.4 Å². The van der Waals surface area contributed by atoms with Gasteiger partial charge in [0.25, 0.3) is 0 Å². The van der Waals surface area contributed by atoms with Gasteiger partial charge in [-0.05, 0) is 108 Å². The van der Waals surface area contributed by atoms with Crippen LogP contribution in [0.2, 0.25) is 10.0 Å². The number of rotatable bonds is 11. The molecule has 0 bridgehead atoms. The lowest BCUT2D eigenvalue weighted by Gasteiger charge is -2.40. The van der Waals surface area contributed by atoms with Gasteiger partial charge in [-0.1, -0.05) is 77.8 Å². The Labute approximate surface area is 336 Å². The van der Waals surface area contributed by atoms with Gasteiger partial charge < -0.3 is 24.3 Å². The third-order valence-corrected chi connectivity index (χ3v) is 11.0. The first-order valence-corrected chi connectivity index (χ1v) is 19.2. The van der Waals surface area contributed by atoms with E-state index in [4.69, 9.17) is 47.4 Å². The molecule has 286 valence electrons. The van der Waals surface area contributed by atoms with Crippen LogP contribution in [0.3, 0.4) is 0 Å². The standard InChI is InChI=1S/C45H41Cl2N3O6/c1-27(2)50-24-35-22-42-41(55-26-43(56-42)33-13-15-36(16-14-33)54-25-30-8-17-37(46)38(47)18-30)21-34(35)20-40(50)44(51)49-39(45(52)53-3)19-28-4-9-31(10-5-28)32-11-6-29(23-48)7-12-32/h4-18,21-22,27,39-40,43H,19-20,24-26H2,1-3H3,(H,49,51)/t39-,40-,43?/m0/s1. The average Bonchev–Trinajstić information content (AvgIpc) is 3.22. The number of carbonyl (C=O) groups excluding carboxylic acids is 2. The van der Waals surface area contributed by atoms with E-state index in [1.165, 1.54) is 7.11 Å². The van der Waals surface area contributed by atoms with E-state index in [-0.39, 0.29) is 24.5 Å². The average molecular weight is 791 g/mol. The van der Waals surface area contributed by atoms with E-state index in [9.17, 15) is 9.59 Å². The molecule has 1 amide bonds. The predicted octanol–water partition coefficient (Wildman–Crippen LogP) is 8.66. The number of ether oxygens (including phenoxy) is 4. The summed E-state index contributed by atoms with van der Waals surface area (Å²) in [5.74, 6) is 1.25. The zero-order valence-electron chi connectivity index (χ0n) is 31.3. The molecule has 0 saturated carbocycles. The number of halogens is 2. The summed E-state index contributed by atoms with van der Waals surface area (Å²) in [6.45, 7) is 5.33. The van der Waals surface area contributed by atoms with E-state index in [0.717, 1.165) is 38.9 Å². The number of benzene rings is 5. The van der Waals surface area contributed by atoms with Gasteiger partial charge in [-0.15, -0.1) is 0 Å². The second kappa shape index (κ2) is 17.1. The Hall–Kier alpha value is -5.53. The van der Waals surface area contributed by atoms with Crippen LogP contribution < -0.4 is 19.5 Å². The van der Waals surface area contributed by atoms with Crippen molar-refractivity contribution in [1.82, 2.24) is 10.2 Å². The highest BCUT2D eigenvalue weighted by Crippen LogP contribution is 2.41. The number of carbonyl (C=O) groups is 2. The van der Waals surface area contributed by atoms with E-state index in [2.05, 4.69) is 30.1 Å².